The second-order valence-electron chi connectivity index (χ2n) is 2.98. The van der Waals surface area contributed by atoms with Gasteiger partial charge >= 0.3 is 0 Å². The summed E-state index contributed by atoms with van der Waals surface area (Å²) in [4.78, 5) is 12.6. The molecular formula is C7H11NO2. The number of carbonyl (C=O) groups excluding carboxylic acids is 1. The predicted octanol–water partition coefficient (Wildman–Crippen LogP) is 0.354. The number of amides is 1. The van der Waals surface area contributed by atoms with E-state index in [1.54, 1.807) is 4.90 Å². The highest BCUT2D eigenvalue weighted by Crippen LogP contribution is 2.26. The Morgan fingerprint density at radius 2 is 2.50 bits per heavy atom. The summed E-state index contributed by atoms with van der Waals surface area (Å²) in [6.45, 7) is 2.95. The van der Waals surface area contributed by atoms with Crippen molar-refractivity contribution in [1.29, 1.82) is 0 Å². The molecule has 2 aliphatic heterocycles. The van der Waals surface area contributed by atoms with Gasteiger partial charge in [0.1, 0.15) is 6.23 Å². The summed E-state index contributed by atoms with van der Waals surface area (Å²) in [5.41, 5.74) is 0. The molecular weight excluding hydrogens is 130 g/mol. The van der Waals surface area contributed by atoms with Crippen LogP contribution < -0.4 is 0 Å². The van der Waals surface area contributed by atoms with Gasteiger partial charge in [-0.05, 0) is 13.3 Å². The fraction of sp³-hybridized carbons (Fsp3) is 0.857. The first-order chi connectivity index (χ1) is 4.77. The molecule has 0 bridgehead atoms. The van der Waals surface area contributed by atoms with E-state index in [-0.39, 0.29) is 12.1 Å². The molecule has 0 unspecified atom stereocenters. The molecule has 2 atom stereocenters. The van der Waals surface area contributed by atoms with Crippen LogP contribution in [-0.2, 0) is 9.53 Å². The van der Waals surface area contributed by atoms with Gasteiger partial charge in [0.15, 0.2) is 0 Å². The largest absolute Gasteiger partial charge is 0.355 e. The minimum Gasteiger partial charge on any atom is -0.355 e. The van der Waals surface area contributed by atoms with E-state index in [4.69, 9.17) is 4.74 Å². The first-order valence-electron chi connectivity index (χ1n) is 3.72. The Morgan fingerprint density at radius 1 is 1.70 bits per heavy atom. The molecule has 2 heterocycles. The fourth-order valence-electron chi connectivity index (χ4n) is 1.47. The van der Waals surface area contributed by atoms with Gasteiger partial charge < -0.3 is 9.64 Å². The van der Waals surface area contributed by atoms with Gasteiger partial charge in [-0.2, -0.15) is 0 Å². The van der Waals surface area contributed by atoms with Crippen LogP contribution in [0.4, 0.5) is 0 Å². The summed E-state index contributed by atoms with van der Waals surface area (Å²) >= 11 is 0. The lowest BCUT2D eigenvalue weighted by atomic mass is 10.1. The molecule has 3 heteroatoms. The van der Waals surface area contributed by atoms with Crippen molar-refractivity contribution in [2.45, 2.75) is 32.1 Å². The maximum atomic E-state index is 10.8. The van der Waals surface area contributed by atoms with Gasteiger partial charge in [-0.1, -0.05) is 0 Å². The number of hydrogen-bond donors (Lipinski definition) is 0. The summed E-state index contributed by atoms with van der Waals surface area (Å²) in [5, 5.41) is 0. The van der Waals surface area contributed by atoms with Gasteiger partial charge in [-0.25, -0.2) is 0 Å². The maximum Gasteiger partial charge on any atom is 0.229 e. The maximum absolute atomic E-state index is 10.8. The molecule has 0 aromatic heterocycles. The molecule has 0 radical (unpaired) electrons. The van der Waals surface area contributed by atoms with E-state index < -0.39 is 0 Å². The SMILES string of the molecule is C[C@H]1CCN2C(=O)C[C@H]2O1. The highest BCUT2D eigenvalue weighted by Gasteiger charge is 2.40. The quantitative estimate of drug-likeness (QED) is 0.456. The third-order valence-electron chi connectivity index (χ3n) is 2.18. The normalized spacial score (nSPS) is 38.9. The van der Waals surface area contributed by atoms with E-state index in [0.717, 1.165) is 13.0 Å². The van der Waals surface area contributed by atoms with Crippen LogP contribution in [0.2, 0.25) is 0 Å². The summed E-state index contributed by atoms with van der Waals surface area (Å²) in [6, 6.07) is 0. The molecule has 2 fully saturated rings. The van der Waals surface area contributed by atoms with E-state index in [1.165, 1.54) is 0 Å². The number of β-lactam (4-membered cyclic amide) rings is 1. The Bertz CT molecular complexity index is 169. The molecule has 56 valence electrons. The molecule has 0 spiro atoms. The van der Waals surface area contributed by atoms with Crippen LogP contribution in [0.1, 0.15) is 19.8 Å². The van der Waals surface area contributed by atoms with Crippen molar-refractivity contribution in [1.82, 2.24) is 4.90 Å². The van der Waals surface area contributed by atoms with Crippen molar-refractivity contribution in [3.8, 4) is 0 Å². The van der Waals surface area contributed by atoms with Crippen LogP contribution in [0.5, 0.6) is 0 Å². The lowest BCUT2D eigenvalue weighted by Gasteiger charge is -2.45. The van der Waals surface area contributed by atoms with E-state index in [2.05, 4.69) is 6.92 Å². The average molecular weight is 141 g/mol. The average Bonchev–Trinajstić information content (AvgIpc) is 1.86. The monoisotopic (exact) mass is 141 g/mol. The topological polar surface area (TPSA) is 29.5 Å². The molecule has 0 aliphatic carbocycles. The van der Waals surface area contributed by atoms with Gasteiger partial charge in [-0.3, -0.25) is 4.79 Å². The number of carbonyl (C=O) groups is 1. The summed E-state index contributed by atoms with van der Waals surface area (Å²) in [6.07, 6.45) is 2.05. The summed E-state index contributed by atoms with van der Waals surface area (Å²) in [7, 11) is 0. The first kappa shape index (κ1) is 6.16. The van der Waals surface area contributed by atoms with Crippen molar-refractivity contribution < 1.29 is 9.53 Å². The van der Waals surface area contributed by atoms with Crippen molar-refractivity contribution >= 4 is 5.91 Å². The predicted molar refractivity (Wildman–Crippen MR) is 35.3 cm³/mol. The number of hydrogen-bond acceptors (Lipinski definition) is 2. The number of rotatable bonds is 0. The standard InChI is InChI=1S/C7H11NO2/c1-5-2-3-8-6(9)4-7(8)10-5/h5,7H,2-4H2,1H3/t5-,7+/m0/s1. The Morgan fingerprint density at radius 3 is 3.10 bits per heavy atom. The van der Waals surface area contributed by atoms with Crippen LogP contribution in [0.25, 0.3) is 0 Å². The first-order valence-corrected chi connectivity index (χ1v) is 3.72. The number of nitrogens with zero attached hydrogens (tertiary/aromatic N) is 1. The second-order valence-corrected chi connectivity index (χ2v) is 2.98. The molecule has 0 saturated carbocycles. The second kappa shape index (κ2) is 1.95. The molecule has 10 heavy (non-hydrogen) atoms. The zero-order valence-electron chi connectivity index (χ0n) is 6.04. The van der Waals surface area contributed by atoms with E-state index >= 15 is 0 Å². The third kappa shape index (κ3) is 0.736. The van der Waals surface area contributed by atoms with E-state index in [0.29, 0.717) is 12.5 Å². The lowest BCUT2D eigenvalue weighted by molar-refractivity contribution is -0.198. The van der Waals surface area contributed by atoms with Crippen LogP contribution in [-0.4, -0.2) is 29.7 Å². The van der Waals surface area contributed by atoms with Gasteiger partial charge in [-0.15, -0.1) is 0 Å². The third-order valence-corrected chi connectivity index (χ3v) is 2.18. The van der Waals surface area contributed by atoms with Gasteiger partial charge in [0.25, 0.3) is 0 Å². The van der Waals surface area contributed by atoms with Gasteiger partial charge in [0.2, 0.25) is 5.91 Å². The summed E-state index contributed by atoms with van der Waals surface area (Å²) < 4.78 is 5.46. The van der Waals surface area contributed by atoms with Crippen LogP contribution >= 0.6 is 0 Å². The molecule has 0 aromatic carbocycles. The number of ether oxygens (including phenoxy) is 1. The molecule has 0 N–H and O–H groups in total. The Labute approximate surface area is 60.0 Å². The van der Waals surface area contributed by atoms with Crippen LogP contribution in [0.3, 0.4) is 0 Å². The van der Waals surface area contributed by atoms with Crippen molar-refractivity contribution in [3.63, 3.8) is 0 Å². The molecule has 3 nitrogen and oxygen atoms in total. The lowest BCUT2D eigenvalue weighted by Crippen LogP contribution is -2.58. The highest BCUT2D eigenvalue weighted by atomic mass is 16.5. The number of fused-ring (bicyclic) bond motifs is 1. The smallest absolute Gasteiger partial charge is 0.229 e. The van der Waals surface area contributed by atoms with Gasteiger partial charge in [0.05, 0.1) is 12.5 Å². The summed E-state index contributed by atoms with van der Waals surface area (Å²) in [5.74, 6) is 0.247. The minimum atomic E-state index is 0.122. The van der Waals surface area contributed by atoms with Crippen LogP contribution in [0, 0.1) is 0 Å². The minimum absolute atomic E-state index is 0.122. The molecule has 1 amide bonds. The van der Waals surface area contributed by atoms with E-state index in [1.807, 2.05) is 0 Å². The fourth-order valence-corrected chi connectivity index (χ4v) is 1.47. The molecule has 2 saturated heterocycles. The van der Waals surface area contributed by atoms with Crippen LogP contribution in [0.15, 0.2) is 0 Å². The zero-order chi connectivity index (χ0) is 7.14. The zero-order valence-corrected chi connectivity index (χ0v) is 6.04. The molecule has 2 aliphatic rings. The Kier molecular flexibility index (Phi) is 1.20. The Hall–Kier alpha value is -0.570. The van der Waals surface area contributed by atoms with Crippen molar-refractivity contribution in [2.75, 3.05) is 6.54 Å². The molecule has 0 aromatic rings. The Balaban J connectivity index is 1.99. The molecule has 2 rings (SSSR count). The van der Waals surface area contributed by atoms with Gasteiger partial charge in [0, 0.05) is 6.54 Å². The van der Waals surface area contributed by atoms with E-state index in [9.17, 15) is 4.79 Å². The highest BCUT2D eigenvalue weighted by molar-refractivity contribution is 5.82. The van der Waals surface area contributed by atoms with Crippen molar-refractivity contribution in [2.24, 2.45) is 0 Å². The van der Waals surface area contributed by atoms with Crippen molar-refractivity contribution in [3.05, 3.63) is 0 Å².